The van der Waals surface area contributed by atoms with Crippen molar-refractivity contribution < 1.29 is 19.1 Å². The van der Waals surface area contributed by atoms with Crippen molar-refractivity contribution in [3.05, 3.63) is 30.0 Å². The maximum absolute atomic E-state index is 12.3. The van der Waals surface area contributed by atoms with E-state index < -0.39 is 5.60 Å². The Morgan fingerprint density at radius 3 is 2.48 bits per heavy atom. The molecule has 8 nitrogen and oxygen atoms in total. The minimum Gasteiger partial charge on any atom is -0.444 e. The molecule has 2 saturated heterocycles. The van der Waals surface area contributed by atoms with Crippen LogP contribution in [-0.4, -0.2) is 52.7 Å². The average molecular weight is 427 g/mol. The quantitative estimate of drug-likeness (QED) is 0.788. The predicted octanol–water partition coefficient (Wildman–Crippen LogP) is 3.97. The molecule has 0 unspecified atom stereocenters. The first-order valence-corrected chi connectivity index (χ1v) is 10.8. The van der Waals surface area contributed by atoms with Crippen LogP contribution in [0.15, 0.2) is 24.4 Å². The standard InChI is InChI=1S/C23H30N4O4/c1-15-13-19-16(14-18(15)27-12-8-20(28)24-21(27)29)5-11-26(19)17-6-9-25(10-7-17)22(30)31-23(2,3)4/h5,11,13-14,17H,6-10,12H2,1-4H3,(H,24,28,29). The Morgan fingerprint density at radius 2 is 1.84 bits per heavy atom. The van der Waals surface area contributed by atoms with Crippen LogP contribution in [0.5, 0.6) is 0 Å². The Balaban J connectivity index is 1.50. The zero-order chi connectivity index (χ0) is 22.3. The number of benzene rings is 1. The summed E-state index contributed by atoms with van der Waals surface area (Å²) in [6, 6.07) is 6.12. The Labute approximate surface area is 182 Å². The van der Waals surface area contributed by atoms with Gasteiger partial charge in [-0.1, -0.05) is 0 Å². The summed E-state index contributed by atoms with van der Waals surface area (Å²) in [4.78, 5) is 39.5. The van der Waals surface area contributed by atoms with Gasteiger partial charge in [0.25, 0.3) is 0 Å². The molecule has 4 amide bonds. The number of urea groups is 1. The summed E-state index contributed by atoms with van der Waals surface area (Å²) < 4.78 is 7.77. The van der Waals surface area contributed by atoms with Crippen LogP contribution in [0.3, 0.4) is 0 Å². The van der Waals surface area contributed by atoms with Crippen LogP contribution in [0.1, 0.15) is 51.6 Å². The number of piperidine rings is 1. The number of carbonyl (C=O) groups excluding carboxylic acids is 3. The molecule has 0 radical (unpaired) electrons. The normalized spacial score (nSPS) is 18.5. The minimum atomic E-state index is -0.488. The predicted molar refractivity (Wildman–Crippen MR) is 118 cm³/mol. The number of ether oxygens (including phenoxy) is 1. The Morgan fingerprint density at radius 1 is 1.13 bits per heavy atom. The number of nitrogens with zero attached hydrogens (tertiary/aromatic N) is 3. The number of rotatable bonds is 2. The number of imide groups is 1. The van der Waals surface area contributed by atoms with Crippen LogP contribution >= 0.6 is 0 Å². The van der Waals surface area contributed by atoms with E-state index in [1.807, 2.05) is 33.8 Å². The van der Waals surface area contributed by atoms with Crippen LogP contribution in [0.25, 0.3) is 10.9 Å². The largest absolute Gasteiger partial charge is 0.444 e. The molecule has 1 aromatic heterocycles. The second-order valence-corrected chi connectivity index (χ2v) is 9.37. The molecule has 1 N–H and O–H groups in total. The third kappa shape index (κ3) is 4.38. The fraction of sp³-hybridized carbons (Fsp3) is 0.522. The van der Waals surface area contributed by atoms with Crippen molar-refractivity contribution in [2.75, 3.05) is 24.5 Å². The van der Waals surface area contributed by atoms with Crippen molar-refractivity contribution in [3.63, 3.8) is 0 Å². The summed E-state index contributed by atoms with van der Waals surface area (Å²) in [7, 11) is 0. The number of aryl methyl sites for hydroxylation is 1. The van der Waals surface area contributed by atoms with Crippen molar-refractivity contribution in [1.29, 1.82) is 0 Å². The molecular weight excluding hydrogens is 396 g/mol. The summed E-state index contributed by atoms with van der Waals surface area (Å²) in [6.07, 6.45) is 3.87. The Bertz CT molecular complexity index is 1030. The third-order valence-electron chi connectivity index (χ3n) is 5.89. The van der Waals surface area contributed by atoms with E-state index in [4.69, 9.17) is 4.74 Å². The first-order chi connectivity index (χ1) is 14.6. The van der Waals surface area contributed by atoms with Gasteiger partial charge in [0, 0.05) is 54.9 Å². The molecule has 2 aromatic rings. The molecule has 2 aliphatic rings. The lowest BCUT2D eigenvalue weighted by Gasteiger charge is -2.34. The van der Waals surface area contributed by atoms with Crippen molar-refractivity contribution in [3.8, 4) is 0 Å². The van der Waals surface area contributed by atoms with Gasteiger partial charge in [0.15, 0.2) is 0 Å². The number of fused-ring (bicyclic) bond motifs is 1. The minimum absolute atomic E-state index is 0.233. The SMILES string of the molecule is Cc1cc2c(ccn2C2CCN(C(=O)OC(C)(C)C)CC2)cc1N1CCC(=O)NC1=O. The molecule has 1 aromatic carbocycles. The third-order valence-corrected chi connectivity index (χ3v) is 5.89. The van der Waals surface area contributed by atoms with E-state index in [-0.39, 0.29) is 18.0 Å². The second-order valence-electron chi connectivity index (χ2n) is 9.37. The number of likely N-dealkylation sites (tertiary alicyclic amines) is 1. The molecule has 0 bridgehead atoms. The zero-order valence-electron chi connectivity index (χ0n) is 18.6. The van der Waals surface area contributed by atoms with Gasteiger partial charge in [-0.3, -0.25) is 15.0 Å². The smallest absolute Gasteiger partial charge is 0.410 e. The maximum Gasteiger partial charge on any atom is 0.410 e. The van der Waals surface area contributed by atoms with E-state index in [1.165, 1.54) is 0 Å². The first-order valence-electron chi connectivity index (χ1n) is 10.8. The van der Waals surface area contributed by atoms with Gasteiger partial charge >= 0.3 is 12.1 Å². The van der Waals surface area contributed by atoms with Crippen molar-refractivity contribution >= 4 is 34.6 Å². The van der Waals surface area contributed by atoms with E-state index in [1.54, 1.807) is 9.80 Å². The maximum atomic E-state index is 12.3. The van der Waals surface area contributed by atoms with Gasteiger partial charge in [-0.05, 0) is 64.3 Å². The topological polar surface area (TPSA) is 83.9 Å². The van der Waals surface area contributed by atoms with Crippen LogP contribution in [0.4, 0.5) is 15.3 Å². The molecule has 2 aliphatic heterocycles. The Hall–Kier alpha value is -3.03. The highest BCUT2D eigenvalue weighted by atomic mass is 16.6. The average Bonchev–Trinajstić information content (AvgIpc) is 3.09. The fourth-order valence-electron chi connectivity index (χ4n) is 4.35. The van der Waals surface area contributed by atoms with Gasteiger partial charge in [0.05, 0.1) is 0 Å². The molecule has 0 atom stereocenters. The first kappa shape index (κ1) is 21.2. The van der Waals surface area contributed by atoms with Crippen LogP contribution in [0.2, 0.25) is 0 Å². The van der Waals surface area contributed by atoms with Crippen LogP contribution < -0.4 is 10.2 Å². The van der Waals surface area contributed by atoms with Crippen LogP contribution in [0, 0.1) is 6.92 Å². The highest BCUT2D eigenvalue weighted by Crippen LogP contribution is 2.33. The second kappa shape index (κ2) is 7.90. The molecule has 0 aliphatic carbocycles. The summed E-state index contributed by atoms with van der Waals surface area (Å²) in [5, 5.41) is 3.44. The van der Waals surface area contributed by atoms with E-state index in [0.717, 1.165) is 35.0 Å². The highest BCUT2D eigenvalue weighted by Gasteiger charge is 2.29. The molecule has 3 heterocycles. The number of carbonyl (C=O) groups is 3. The van der Waals surface area contributed by atoms with E-state index >= 15 is 0 Å². The van der Waals surface area contributed by atoms with Gasteiger partial charge in [-0.25, -0.2) is 9.59 Å². The molecular formula is C23H30N4O4. The summed E-state index contributed by atoms with van der Waals surface area (Å²) in [6.45, 7) is 9.35. The van der Waals surface area contributed by atoms with Crippen molar-refractivity contribution in [1.82, 2.24) is 14.8 Å². The van der Waals surface area contributed by atoms with Gasteiger partial charge in [-0.2, -0.15) is 0 Å². The van der Waals surface area contributed by atoms with Gasteiger partial charge in [-0.15, -0.1) is 0 Å². The summed E-state index contributed by atoms with van der Waals surface area (Å²) >= 11 is 0. The van der Waals surface area contributed by atoms with Gasteiger partial charge in [0.2, 0.25) is 5.91 Å². The molecule has 4 rings (SSSR count). The molecule has 31 heavy (non-hydrogen) atoms. The number of aromatic nitrogens is 1. The number of nitrogens with one attached hydrogen (secondary N) is 1. The highest BCUT2D eigenvalue weighted by molar-refractivity contribution is 6.06. The number of hydrogen-bond donors (Lipinski definition) is 1. The zero-order valence-corrected chi connectivity index (χ0v) is 18.6. The lowest BCUT2D eigenvalue weighted by molar-refractivity contribution is -0.120. The van der Waals surface area contributed by atoms with Gasteiger partial charge < -0.3 is 14.2 Å². The van der Waals surface area contributed by atoms with E-state index in [0.29, 0.717) is 32.1 Å². The number of amides is 4. The molecule has 0 saturated carbocycles. The lowest BCUT2D eigenvalue weighted by atomic mass is 10.0. The number of anilines is 1. The van der Waals surface area contributed by atoms with Crippen LogP contribution in [-0.2, 0) is 9.53 Å². The molecule has 8 heteroatoms. The summed E-state index contributed by atoms with van der Waals surface area (Å²) in [5.74, 6) is -0.233. The Kier molecular flexibility index (Phi) is 5.41. The van der Waals surface area contributed by atoms with Gasteiger partial charge in [0.1, 0.15) is 5.60 Å². The number of hydrogen-bond acceptors (Lipinski definition) is 4. The van der Waals surface area contributed by atoms with Crippen molar-refractivity contribution in [2.24, 2.45) is 0 Å². The van der Waals surface area contributed by atoms with E-state index in [2.05, 4.69) is 28.2 Å². The molecule has 2 fully saturated rings. The van der Waals surface area contributed by atoms with E-state index in [9.17, 15) is 14.4 Å². The fourth-order valence-corrected chi connectivity index (χ4v) is 4.35. The lowest BCUT2D eigenvalue weighted by Crippen LogP contribution is -2.49. The molecule has 166 valence electrons. The summed E-state index contributed by atoms with van der Waals surface area (Å²) in [5.41, 5.74) is 2.45. The van der Waals surface area contributed by atoms with Crippen molar-refractivity contribution in [2.45, 2.75) is 58.6 Å². The monoisotopic (exact) mass is 426 g/mol. The molecule has 0 spiro atoms.